The van der Waals surface area contributed by atoms with Crippen molar-refractivity contribution in [1.29, 1.82) is 0 Å². The smallest absolute Gasteiger partial charge is 0.0846 e. The zero-order valence-electron chi connectivity index (χ0n) is 8.11. The van der Waals surface area contributed by atoms with Crippen LogP contribution in [0.15, 0.2) is 22.8 Å². The molecule has 12 heavy (non-hydrogen) atoms. The normalized spacial score (nSPS) is 27.1. The van der Waals surface area contributed by atoms with Gasteiger partial charge in [-0.15, -0.1) is 0 Å². The van der Waals surface area contributed by atoms with Crippen LogP contribution in [-0.4, -0.2) is 12.2 Å². The van der Waals surface area contributed by atoms with Crippen molar-refractivity contribution in [3.8, 4) is 0 Å². The lowest BCUT2D eigenvalue weighted by atomic mass is 9.86. The molecule has 2 rings (SSSR count). The Morgan fingerprint density at radius 2 is 2.08 bits per heavy atom. The first-order valence-electron chi connectivity index (χ1n) is 4.63. The molecule has 1 heteroatoms. The van der Waals surface area contributed by atoms with E-state index in [4.69, 9.17) is 4.74 Å². The fraction of sp³-hybridized carbons (Fsp3) is 0.636. The molecule has 0 N–H and O–H groups in total. The molecule has 0 aromatic heterocycles. The average Bonchev–Trinajstić information content (AvgIpc) is 2.27. The summed E-state index contributed by atoms with van der Waals surface area (Å²) in [5, 5.41) is 0. The van der Waals surface area contributed by atoms with Crippen LogP contribution in [0.1, 0.15) is 33.6 Å². The monoisotopic (exact) mass is 164 g/mol. The molecule has 0 saturated heterocycles. The Morgan fingerprint density at radius 1 is 1.33 bits per heavy atom. The number of hydrogen-bond acceptors (Lipinski definition) is 1. The van der Waals surface area contributed by atoms with E-state index < -0.39 is 0 Å². The summed E-state index contributed by atoms with van der Waals surface area (Å²) in [5.74, 6) is 0. The van der Waals surface area contributed by atoms with Crippen LogP contribution in [0, 0.1) is 0 Å². The van der Waals surface area contributed by atoms with E-state index in [1.54, 1.807) is 0 Å². The molecule has 0 aromatic carbocycles. The average molecular weight is 164 g/mol. The highest BCUT2D eigenvalue weighted by Gasteiger charge is 2.33. The zero-order chi connectivity index (χ0) is 8.77. The van der Waals surface area contributed by atoms with Crippen molar-refractivity contribution in [1.82, 2.24) is 0 Å². The Hall–Kier alpha value is -0.560. The Bertz CT molecular complexity index is 269. The Labute approximate surface area is 74.1 Å². The lowest BCUT2D eigenvalue weighted by Crippen LogP contribution is -2.22. The third kappa shape index (κ3) is 1.13. The second-order valence-corrected chi connectivity index (χ2v) is 4.29. The standard InChI is InChI=1S/C11H16O/c1-8-4-5-10-9(6-8)7-12-11(10,2)3/h6H,4-5,7H2,1-3H3. The topological polar surface area (TPSA) is 9.23 Å². The lowest BCUT2D eigenvalue weighted by molar-refractivity contribution is 0.0472. The molecule has 2 aliphatic rings. The van der Waals surface area contributed by atoms with Gasteiger partial charge in [-0.25, -0.2) is 0 Å². The molecule has 0 amide bonds. The van der Waals surface area contributed by atoms with E-state index in [1.807, 2.05) is 0 Å². The highest BCUT2D eigenvalue weighted by molar-refractivity contribution is 5.40. The Morgan fingerprint density at radius 3 is 2.83 bits per heavy atom. The highest BCUT2D eigenvalue weighted by Crippen LogP contribution is 2.38. The SMILES string of the molecule is CC1=CC2=C(CC1)C(C)(C)OC2. The van der Waals surface area contributed by atoms with E-state index in [1.165, 1.54) is 29.6 Å². The van der Waals surface area contributed by atoms with Gasteiger partial charge in [-0.3, -0.25) is 0 Å². The number of allylic oxidation sites excluding steroid dienone is 1. The maximum atomic E-state index is 5.72. The molecule has 0 saturated carbocycles. The van der Waals surface area contributed by atoms with E-state index in [2.05, 4.69) is 26.8 Å². The van der Waals surface area contributed by atoms with E-state index in [9.17, 15) is 0 Å². The van der Waals surface area contributed by atoms with Crippen molar-refractivity contribution in [2.45, 2.75) is 39.2 Å². The summed E-state index contributed by atoms with van der Waals surface area (Å²) in [6, 6.07) is 0. The molecule has 0 radical (unpaired) electrons. The van der Waals surface area contributed by atoms with Gasteiger partial charge in [0, 0.05) is 0 Å². The van der Waals surface area contributed by atoms with Crippen molar-refractivity contribution in [2.24, 2.45) is 0 Å². The van der Waals surface area contributed by atoms with Crippen LogP contribution in [0.5, 0.6) is 0 Å². The van der Waals surface area contributed by atoms with Crippen LogP contribution < -0.4 is 0 Å². The van der Waals surface area contributed by atoms with Gasteiger partial charge in [0.25, 0.3) is 0 Å². The molecule has 0 spiro atoms. The number of hydrogen-bond donors (Lipinski definition) is 0. The third-order valence-corrected chi connectivity index (χ3v) is 2.89. The Kier molecular flexibility index (Phi) is 1.65. The van der Waals surface area contributed by atoms with Crippen molar-refractivity contribution < 1.29 is 4.74 Å². The molecular formula is C11H16O. The molecule has 1 heterocycles. The van der Waals surface area contributed by atoms with E-state index in [0.717, 1.165) is 6.61 Å². The fourth-order valence-electron chi connectivity index (χ4n) is 2.10. The van der Waals surface area contributed by atoms with Gasteiger partial charge in [0.2, 0.25) is 0 Å². The summed E-state index contributed by atoms with van der Waals surface area (Å²) in [4.78, 5) is 0. The Balaban J connectivity index is 2.37. The molecule has 0 atom stereocenters. The van der Waals surface area contributed by atoms with Gasteiger partial charge < -0.3 is 4.74 Å². The van der Waals surface area contributed by atoms with Crippen molar-refractivity contribution >= 4 is 0 Å². The van der Waals surface area contributed by atoms with E-state index >= 15 is 0 Å². The molecule has 1 aliphatic carbocycles. The van der Waals surface area contributed by atoms with Crippen LogP contribution in [0.3, 0.4) is 0 Å². The van der Waals surface area contributed by atoms with Gasteiger partial charge in [-0.1, -0.05) is 11.6 Å². The van der Waals surface area contributed by atoms with Crippen LogP contribution >= 0.6 is 0 Å². The molecule has 1 aliphatic heterocycles. The molecule has 0 aromatic rings. The van der Waals surface area contributed by atoms with Crippen molar-refractivity contribution in [3.63, 3.8) is 0 Å². The van der Waals surface area contributed by atoms with Gasteiger partial charge in [-0.2, -0.15) is 0 Å². The summed E-state index contributed by atoms with van der Waals surface area (Å²) < 4.78 is 5.72. The quantitative estimate of drug-likeness (QED) is 0.535. The summed E-state index contributed by atoms with van der Waals surface area (Å²) in [6.07, 6.45) is 4.71. The predicted molar refractivity (Wildman–Crippen MR) is 50.0 cm³/mol. The molecular weight excluding hydrogens is 148 g/mol. The van der Waals surface area contributed by atoms with Crippen molar-refractivity contribution in [3.05, 3.63) is 22.8 Å². The minimum absolute atomic E-state index is 0.00648. The minimum Gasteiger partial charge on any atom is -0.367 e. The molecule has 66 valence electrons. The second kappa shape index (κ2) is 2.46. The van der Waals surface area contributed by atoms with Gasteiger partial charge in [0.1, 0.15) is 0 Å². The first-order valence-corrected chi connectivity index (χ1v) is 4.63. The van der Waals surface area contributed by atoms with E-state index in [0.29, 0.717) is 0 Å². The predicted octanol–water partition coefficient (Wildman–Crippen LogP) is 2.83. The number of rotatable bonds is 0. The maximum Gasteiger partial charge on any atom is 0.0846 e. The fourth-order valence-corrected chi connectivity index (χ4v) is 2.10. The second-order valence-electron chi connectivity index (χ2n) is 4.29. The zero-order valence-corrected chi connectivity index (χ0v) is 8.11. The van der Waals surface area contributed by atoms with Gasteiger partial charge in [0.05, 0.1) is 12.2 Å². The first kappa shape index (κ1) is 8.06. The molecule has 0 unspecified atom stereocenters. The highest BCUT2D eigenvalue weighted by atomic mass is 16.5. The van der Waals surface area contributed by atoms with Crippen LogP contribution in [0.2, 0.25) is 0 Å². The van der Waals surface area contributed by atoms with Crippen LogP contribution in [-0.2, 0) is 4.74 Å². The summed E-state index contributed by atoms with van der Waals surface area (Å²) in [7, 11) is 0. The summed E-state index contributed by atoms with van der Waals surface area (Å²) in [6.45, 7) is 7.36. The minimum atomic E-state index is 0.00648. The number of ether oxygens (including phenoxy) is 1. The first-order chi connectivity index (χ1) is 5.59. The molecule has 0 bridgehead atoms. The van der Waals surface area contributed by atoms with Crippen LogP contribution in [0.4, 0.5) is 0 Å². The maximum absolute atomic E-state index is 5.72. The van der Waals surface area contributed by atoms with Gasteiger partial charge in [-0.05, 0) is 44.8 Å². The molecule has 1 nitrogen and oxygen atoms in total. The van der Waals surface area contributed by atoms with E-state index in [-0.39, 0.29) is 5.60 Å². The van der Waals surface area contributed by atoms with Gasteiger partial charge in [0.15, 0.2) is 0 Å². The van der Waals surface area contributed by atoms with Gasteiger partial charge >= 0.3 is 0 Å². The largest absolute Gasteiger partial charge is 0.367 e. The molecule has 0 fully saturated rings. The third-order valence-electron chi connectivity index (χ3n) is 2.89. The lowest BCUT2D eigenvalue weighted by Gasteiger charge is -2.23. The van der Waals surface area contributed by atoms with Crippen LogP contribution in [0.25, 0.3) is 0 Å². The van der Waals surface area contributed by atoms with Crippen molar-refractivity contribution in [2.75, 3.05) is 6.61 Å². The summed E-state index contributed by atoms with van der Waals surface area (Å²) in [5.41, 5.74) is 4.46. The summed E-state index contributed by atoms with van der Waals surface area (Å²) >= 11 is 0.